The molecule has 23 heavy (non-hydrogen) atoms. The number of amides is 1. The Morgan fingerprint density at radius 1 is 1.35 bits per heavy atom. The number of aryl methyl sites for hydroxylation is 1. The molecule has 2 aromatic rings. The summed E-state index contributed by atoms with van der Waals surface area (Å²) in [5, 5.41) is 6.21. The van der Waals surface area contributed by atoms with Crippen LogP contribution in [0, 0.1) is 12.7 Å². The van der Waals surface area contributed by atoms with E-state index in [1.807, 2.05) is 0 Å². The molecule has 0 aliphatic heterocycles. The number of nitrogens with zero attached hydrogens (tertiary/aromatic N) is 2. The minimum atomic E-state index is -3.60. The summed E-state index contributed by atoms with van der Waals surface area (Å²) in [4.78, 5) is 11.9. The maximum absolute atomic E-state index is 12.8. The number of sulfonamides is 1. The van der Waals surface area contributed by atoms with Gasteiger partial charge >= 0.3 is 0 Å². The first-order chi connectivity index (χ1) is 10.8. The van der Waals surface area contributed by atoms with Gasteiger partial charge in [-0.05, 0) is 31.2 Å². The van der Waals surface area contributed by atoms with Crippen molar-refractivity contribution in [2.45, 2.75) is 13.3 Å². The largest absolute Gasteiger partial charge is 0.360 e. The highest BCUT2D eigenvalue weighted by atomic mass is 32.2. The highest BCUT2D eigenvalue weighted by Crippen LogP contribution is 2.17. The molecule has 9 heteroatoms. The topological polar surface area (TPSA) is 92.5 Å². The van der Waals surface area contributed by atoms with Crippen LogP contribution in [-0.2, 0) is 14.8 Å². The molecule has 1 aromatic carbocycles. The molecule has 0 aliphatic rings. The number of halogens is 1. The van der Waals surface area contributed by atoms with Crippen molar-refractivity contribution in [3.8, 4) is 0 Å². The Kier molecular flexibility index (Phi) is 4.99. The molecule has 1 heterocycles. The van der Waals surface area contributed by atoms with Gasteiger partial charge < -0.3 is 9.84 Å². The smallest absolute Gasteiger partial charge is 0.233 e. The summed E-state index contributed by atoms with van der Waals surface area (Å²) in [5.74, 6) is -0.220. The van der Waals surface area contributed by atoms with E-state index < -0.39 is 21.7 Å². The molecular formula is C14H16FN3O4S. The Morgan fingerprint density at radius 2 is 2.00 bits per heavy atom. The van der Waals surface area contributed by atoms with Crippen LogP contribution in [0.4, 0.5) is 15.9 Å². The van der Waals surface area contributed by atoms with Gasteiger partial charge in [-0.1, -0.05) is 5.16 Å². The Labute approximate surface area is 133 Å². The summed E-state index contributed by atoms with van der Waals surface area (Å²) in [6, 6.07) is 6.75. The molecule has 7 nitrogen and oxygen atoms in total. The van der Waals surface area contributed by atoms with Crippen LogP contribution in [0.2, 0.25) is 0 Å². The molecule has 0 spiro atoms. The number of carbonyl (C=O) groups is 1. The van der Waals surface area contributed by atoms with Crippen LogP contribution in [0.25, 0.3) is 0 Å². The number of anilines is 2. The molecule has 1 N–H and O–H groups in total. The molecule has 124 valence electrons. The first-order valence-electron chi connectivity index (χ1n) is 6.72. The number of hydrogen-bond acceptors (Lipinski definition) is 5. The second-order valence-electron chi connectivity index (χ2n) is 4.94. The number of benzene rings is 1. The predicted octanol–water partition coefficient (Wildman–Crippen LogP) is 1.92. The summed E-state index contributed by atoms with van der Waals surface area (Å²) >= 11 is 0. The molecule has 0 unspecified atom stereocenters. The van der Waals surface area contributed by atoms with E-state index in [1.54, 1.807) is 6.92 Å². The second kappa shape index (κ2) is 6.78. The summed E-state index contributed by atoms with van der Waals surface area (Å²) in [5.41, 5.74) is 0.430. The van der Waals surface area contributed by atoms with Gasteiger partial charge in [0.25, 0.3) is 0 Å². The normalized spacial score (nSPS) is 11.3. The lowest BCUT2D eigenvalue weighted by Crippen LogP contribution is -2.33. The van der Waals surface area contributed by atoms with E-state index in [9.17, 15) is 17.6 Å². The molecule has 0 atom stereocenters. The average molecular weight is 341 g/mol. The zero-order valence-corrected chi connectivity index (χ0v) is 13.4. The third-order valence-corrected chi connectivity index (χ3v) is 4.11. The zero-order chi connectivity index (χ0) is 17.0. The summed E-state index contributed by atoms with van der Waals surface area (Å²) in [7, 11) is -3.60. The molecular weight excluding hydrogens is 325 g/mol. The molecule has 0 fully saturated rings. The lowest BCUT2D eigenvalue weighted by atomic mass is 10.3. The lowest BCUT2D eigenvalue weighted by Gasteiger charge is -2.18. The second-order valence-corrected chi connectivity index (χ2v) is 6.84. The average Bonchev–Trinajstić information content (AvgIpc) is 2.86. The van der Waals surface area contributed by atoms with E-state index in [-0.39, 0.29) is 18.8 Å². The van der Waals surface area contributed by atoms with Gasteiger partial charge in [-0.15, -0.1) is 0 Å². The molecule has 2 rings (SSSR count). The number of nitrogens with one attached hydrogen (secondary N) is 1. The third kappa shape index (κ3) is 4.78. The monoisotopic (exact) mass is 341 g/mol. The van der Waals surface area contributed by atoms with Crippen molar-refractivity contribution in [3.63, 3.8) is 0 Å². The third-order valence-electron chi connectivity index (χ3n) is 2.94. The van der Waals surface area contributed by atoms with Gasteiger partial charge in [0.05, 0.1) is 6.26 Å². The minimum Gasteiger partial charge on any atom is -0.360 e. The number of aromatic nitrogens is 1. The van der Waals surface area contributed by atoms with E-state index in [4.69, 9.17) is 4.52 Å². The van der Waals surface area contributed by atoms with Gasteiger partial charge in [0.2, 0.25) is 15.9 Å². The van der Waals surface area contributed by atoms with Crippen LogP contribution < -0.4 is 9.62 Å². The Balaban J connectivity index is 2.01. The van der Waals surface area contributed by atoms with E-state index in [1.165, 1.54) is 30.3 Å². The number of hydrogen-bond donors (Lipinski definition) is 1. The Bertz CT molecular complexity index is 787. The van der Waals surface area contributed by atoms with Crippen molar-refractivity contribution in [2.24, 2.45) is 0 Å². The van der Waals surface area contributed by atoms with Crippen LogP contribution in [-0.4, -0.2) is 32.3 Å². The fourth-order valence-corrected chi connectivity index (χ4v) is 2.73. The van der Waals surface area contributed by atoms with Crippen LogP contribution in [0.15, 0.2) is 34.9 Å². The maximum Gasteiger partial charge on any atom is 0.233 e. The van der Waals surface area contributed by atoms with Crippen molar-refractivity contribution in [3.05, 3.63) is 41.9 Å². The Morgan fingerprint density at radius 3 is 2.52 bits per heavy atom. The maximum atomic E-state index is 12.8. The fourth-order valence-electron chi connectivity index (χ4n) is 1.88. The molecule has 0 saturated carbocycles. The number of carbonyl (C=O) groups excluding carboxylic acids is 1. The highest BCUT2D eigenvalue weighted by molar-refractivity contribution is 7.92. The first-order valence-corrected chi connectivity index (χ1v) is 8.57. The summed E-state index contributed by atoms with van der Waals surface area (Å²) in [6.45, 7) is 1.55. The van der Waals surface area contributed by atoms with Gasteiger partial charge in [0.1, 0.15) is 11.6 Å². The van der Waals surface area contributed by atoms with Crippen LogP contribution in [0.3, 0.4) is 0 Å². The van der Waals surface area contributed by atoms with Crippen molar-refractivity contribution in [1.29, 1.82) is 0 Å². The minimum absolute atomic E-state index is 0.0855. The van der Waals surface area contributed by atoms with Crippen molar-refractivity contribution in [1.82, 2.24) is 5.16 Å². The van der Waals surface area contributed by atoms with Gasteiger partial charge in [0.15, 0.2) is 5.82 Å². The molecule has 1 aromatic heterocycles. The van der Waals surface area contributed by atoms with E-state index >= 15 is 0 Å². The van der Waals surface area contributed by atoms with E-state index in [0.717, 1.165) is 10.6 Å². The highest BCUT2D eigenvalue weighted by Gasteiger charge is 2.21. The van der Waals surface area contributed by atoms with Crippen LogP contribution in [0.5, 0.6) is 0 Å². The first kappa shape index (κ1) is 16.9. The molecule has 0 bridgehead atoms. The van der Waals surface area contributed by atoms with Crippen LogP contribution >= 0.6 is 0 Å². The molecule has 0 aliphatic carbocycles. The van der Waals surface area contributed by atoms with Gasteiger partial charge in [-0.3, -0.25) is 9.10 Å². The zero-order valence-electron chi connectivity index (χ0n) is 12.6. The Hall–Kier alpha value is -2.42. The van der Waals surface area contributed by atoms with Crippen molar-refractivity contribution >= 4 is 27.4 Å². The quantitative estimate of drug-likeness (QED) is 0.866. The van der Waals surface area contributed by atoms with E-state index in [2.05, 4.69) is 10.5 Å². The van der Waals surface area contributed by atoms with Gasteiger partial charge in [0, 0.05) is 24.7 Å². The lowest BCUT2D eigenvalue weighted by molar-refractivity contribution is -0.116. The van der Waals surface area contributed by atoms with E-state index in [0.29, 0.717) is 11.4 Å². The van der Waals surface area contributed by atoms with Gasteiger partial charge in [-0.2, -0.15) is 0 Å². The van der Waals surface area contributed by atoms with Crippen LogP contribution in [0.1, 0.15) is 12.2 Å². The van der Waals surface area contributed by atoms with Crippen molar-refractivity contribution in [2.75, 3.05) is 22.4 Å². The summed E-state index contributed by atoms with van der Waals surface area (Å²) < 4.78 is 42.3. The standard InChI is InChI=1S/C14H16FN3O4S/c1-10-9-13(17-22-10)18(23(2,20)21)8-7-14(19)16-12-5-3-11(15)4-6-12/h3-6,9H,7-8H2,1-2H3,(H,16,19). The van der Waals surface area contributed by atoms with Gasteiger partial charge in [-0.25, -0.2) is 12.8 Å². The number of rotatable bonds is 6. The SMILES string of the molecule is Cc1cc(N(CCC(=O)Nc2ccc(F)cc2)S(C)(=O)=O)no1. The molecule has 0 saturated heterocycles. The fraction of sp³-hybridized carbons (Fsp3) is 0.286. The predicted molar refractivity (Wildman–Crippen MR) is 83.1 cm³/mol. The molecule has 1 amide bonds. The van der Waals surface area contributed by atoms with Crippen molar-refractivity contribution < 1.29 is 22.1 Å². The summed E-state index contributed by atoms with van der Waals surface area (Å²) in [6.07, 6.45) is 0.936. The molecule has 0 radical (unpaired) electrons.